The van der Waals surface area contributed by atoms with Crippen LogP contribution in [0.1, 0.15) is 29.6 Å². The van der Waals surface area contributed by atoms with Gasteiger partial charge in [0.2, 0.25) is 5.89 Å². The largest absolute Gasteiger partial charge is 0.441 e. The lowest BCUT2D eigenvalue weighted by atomic mass is 10.1. The molecule has 6 nitrogen and oxygen atoms in total. The molecule has 0 spiro atoms. The zero-order chi connectivity index (χ0) is 14.9. The molecular formula is C15H17N5OS. The Morgan fingerprint density at radius 3 is 3.23 bits per heavy atom. The molecule has 0 radical (unpaired) electrons. The van der Waals surface area contributed by atoms with Crippen molar-refractivity contribution in [1.82, 2.24) is 25.1 Å². The molecule has 4 heterocycles. The summed E-state index contributed by atoms with van der Waals surface area (Å²) in [7, 11) is 0. The number of hydrogen-bond acceptors (Lipinski definition) is 6. The molecule has 1 N–H and O–H groups in total. The Kier molecular flexibility index (Phi) is 3.51. The Hall–Kier alpha value is -1.99. The molecule has 3 aromatic rings. The number of rotatable bonds is 4. The van der Waals surface area contributed by atoms with Crippen LogP contribution in [0.25, 0.3) is 11.5 Å². The van der Waals surface area contributed by atoms with Crippen molar-refractivity contribution in [2.75, 3.05) is 13.1 Å². The van der Waals surface area contributed by atoms with Crippen LogP contribution in [0.4, 0.5) is 0 Å². The van der Waals surface area contributed by atoms with Gasteiger partial charge in [-0.05, 0) is 31.3 Å². The first-order chi connectivity index (χ1) is 10.8. The highest BCUT2D eigenvalue weighted by atomic mass is 32.1. The number of nitrogens with zero attached hydrogens (tertiary/aromatic N) is 4. The van der Waals surface area contributed by atoms with Crippen LogP contribution in [0, 0.1) is 6.92 Å². The Morgan fingerprint density at radius 1 is 1.50 bits per heavy atom. The maximum atomic E-state index is 5.81. The van der Waals surface area contributed by atoms with E-state index in [4.69, 9.17) is 4.42 Å². The van der Waals surface area contributed by atoms with E-state index in [1.165, 1.54) is 0 Å². The third-order valence-corrected chi connectivity index (χ3v) is 4.81. The molecule has 22 heavy (non-hydrogen) atoms. The first kappa shape index (κ1) is 13.7. The van der Waals surface area contributed by atoms with Gasteiger partial charge in [0.05, 0.1) is 5.69 Å². The lowest BCUT2D eigenvalue weighted by molar-refractivity contribution is 0.320. The van der Waals surface area contributed by atoms with Gasteiger partial charge >= 0.3 is 0 Å². The number of nitrogens with one attached hydrogen (secondary N) is 1. The third kappa shape index (κ3) is 2.57. The predicted molar refractivity (Wildman–Crippen MR) is 83.6 cm³/mol. The molecule has 0 bridgehead atoms. The van der Waals surface area contributed by atoms with Crippen LogP contribution >= 0.6 is 11.3 Å². The van der Waals surface area contributed by atoms with Crippen LogP contribution < -0.4 is 0 Å². The van der Waals surface area contributed by atoms with Gasteiger partial charge in [0.15, 0.2) is 0 Å². The van der Waals surface area contributed by atoms with E-state index in [0.29, 0.717) is 5.92 Å². The van der Waals surface area contributed by atoms with Gasteiger partial charge in [-0.2, -0.15) is 16.4 Å². The molecule has 7 heteroatoms. The van der Waals surface area contributed by atoms with E-state index in [0.717, 1.165) is 54.8 Å². The fourth-order valence-corrected chi connectivity index (χ4v) is 3.54. The molecule has 1 aliphatic heterocycles. The van der Waals surface area contributed by atoms with Crippen LogP contribution in [0.3, 0.4) is 0 Å². The van der Waals surface area contributed by atoms with Crippen LogP contribution in [0.5, 0.6) is 0 Å². The molecule has 3 aromatic heterocycles. The van der Waals surface area contributed by atoms with E-state index >= 15 is 0 Å². The Labute approximate surface area is 132 Å². The summed E-state index contributed by atoms with van der Waals surface area (Å²) in [6.45, 7) is 4.84. The molecule has 1 atom stereocenters. The number of likely N-dealkylation sites (tertiary alicyclic amines) is 1. The topological polar surface area (TPSA) is 70.8 Å². The van der Waals surface area contributed by atoms with Crippen LogP contribution in [0.2, 0.25) is 0 Å². The number of aryl methyl sites for hydroxylation is 1. The molecule has 0 aromatic carbocycles. The smallest absolute Gasteiger partial charge is 0.227 e. The van der Waals surface area contributed by atoms with Crippen molar-refractivity contribution in [3.8, 4) is 11.5 Å². The summed E-state index contributed by atoms with van der Waals surface area (Å²) in [5.41, 5.74) is 2.08. The van der Waals surface area contributed by atoms with Gasteiger partial charge in [-0.3, -0.25) is 10.00 Å². The van der Waals surface area contributed by atoms with E-state index in [2.05, 4.69) is 30.4 Å². The highest BCUT2D eigenvalue weighted by molar-refractivity contribution is 7.08. The summed E-state index contributed by atoms with van der Waals surface area (Å²) in [5, 5.41) is 11.0. The lowest BCUT2D eigenvalue weighted by Gasteiger charge is -2.13. The zero-order valence-corrected chi connectivity index (χ0v) is 13.1. The molecule has 114 valence electrons. The minimum atomic E-state index is 0.436. The van der Waals surface area contributed by atoms with Gasteiger partial charge in [-0.1, -0.05) is 0 Å². The van der Waals surface area contributed by atoms with Crippen LogP contribution in [-0.4, -0.2) is 38.2 Å². The zero-order valence-electron chi connectivity index (χ0n) is 12.3. The van der Waals surface area contributed by atoms with Gasteiger partial charge in [0.1, 0.15) is 17.9 Å². The third-order valence-electron chi connectivity index (χ3n) is 4.13. The first-order valence-electron chi connectivity index (χ1n) is 7.36. The maximum Gasteiger partial charge on any atom is 0.227 e. The summed E-state index contributed by atoms with van der Waals surface area (Å²) >= 11 is 1.65. The summed E-state index contributed by atoms with van der Waals surface area (Å²) in [6, 6.07) is 2.04. The fraction of sp³-hybridized carbons (Fsp3) is 0.400. The quantitative estimate of drug-likeness (QED) is 0.801. The van der Waals surface area contributed by atoms with Crippen LogP contribution in [0.15, 0.2) is 27.6 Å². The number of H-pyrrole nitrogens is 1. The molecule has 1 unspecified atom stereocenters. The molecule has 0 amide bonds. The monoisotopic (exact) mass is 315 g/mol. The predicted octanol–water partition coefficient (Wildman–Crippen LogP) is 2.82. The summed E-state index contributed by atoms with van der Waals surface area (Å²) in [6.07, 6.45) is 2.68. The van der Waals surface area contributed by atoms with E-state index in [1.807, 2.05) is 18.4 Å². The maximum absolute atomic E-state index is 5.81. The number of aromatic nitrogens is 4. The molecule has 4 rings (SSSR count). The first-order valence-corrected chi connectivity index (χ1v) is 8.30. The molecule has 0 aliphatic carbocycles. The van der Waals surface area contributed by atoms with Crippen molar-refractivity contribution < 1.29 is 4.42 Å². The lowest BCUT2D eigenvalue weighted by Crippen LogP contribution is -2.20. The standard InChI is InChI=1S/C15H17N5OS/c1-10-13(18-15(21-10)12-3-5-22-8-12)7-20-4-2-11(6-20)14-16-9-17-19-14/h3,5,8-9,11H,2,4,6-7H2,1H3,(H,16,17,19). The molecule has 1 fully saturated rings. The van der Waals surface area contributed by atoms with Gasteiger partial charge in [-0.15, -0.1) is 0 Å². The average Bonchev–Trinajstić information content (AvgIpc) is 3.28. The van der Waals surface area contributed by atoms with E-state index in [1.54, 1.807) is 17.7 Å². The minimum Gasteiger partial charge on any atom is -0.441 e. The number of aromatic amines is 1. The second-order valence-corrected chi connectivity index (χ2v) is 6.41. The highest BCUT2D eigenvalue weighted by Crippen LogP contribution is 2.28. The van der Waals surface area contributed by atoms with E-state index in [-0.39, 0.29) is 0 Å². The Morgan fingerprint density at radius 2 is 2.45 bits per heavy atom. The van der Waals surface area contributed by atoms with Gasteiger partial charge in [-0.25, -0.2) is 9.97 Å². The number of hydrogen-bond donors (Lipinski definition) is 1. The van der Waals surface area contributed by atoms with Gasteiger partial charge in [0, 0.05) is 30.0 Å². The van der Waals surface area contributed by atoms with Crippen molar-refractivity contribution in [1.29, 1.82) is 0 Å². The second-order valence-electron chi connectivity index (χ2n) is 5.63. The SMILES string of the molecule is Cc1oc(-c2ccsc2)nc1CN1CCC(c2ncn[nH]2)C1. The highest BCUT2D eigenvalue weighted by Gasteiger charge is 2.27. The minimum absolute atomic E-state index is 0.436. The summed E-state index contributed by atoms with van der Waals surface area (Å²) in [4.78, 5) is 11.3. The van der Waals surface area contributed by atoms with Crippen LogP contribution in [-0.2, 0) is 6.54 Å². The normalized spacial score (nSPS) is 19.0. The second kappa shape index (κ2) is 5.66. The van der Waals surface area contributed by atoms with Crippen molar-refractivity contribution in [3.05, 3.63) is 40.4 Å². The number of oxazole rings is 1. The number of thiophene rings is 1. The van der Waals surface area contributed by atoms with Crippen molar-refractivity contribution >= 4 is 11.3 Å². The van der Waals surface area contributed by atoms with Gasteiger partial charge in [0.25, 0.3) is 0 Å². The van der Waals surface area contributed by atoms with E-state index < -0.39 is 0 Å². The molecular weight excluding hydrogens is 298 g/mol. The Bertz CT molecular complexity index is 734. The Balaban J connectivity index is 1.46. The van der Waals surface area contributed by atoms with Crippen molar-refractivity contribution in [3.63, 3.8) is 0 Å². The fourth-order valence-electron chi connectivity index (χ4n) is 2.91. The summed E-state index contributed by atoms with van der Waals surface area (Å²) < 4.78 is 5.81. The molecule has 1 aliphatic rings. The average molecular weight is 315 g/mol. The molecule has 0 saturated carbocycles. The van der Waals surface area contributed by atoms with E-state index in [9.17, 15) is 0 Å². The molecule has 1 saturated heterocycles. The van der Waals surface area contributed by atoms with Crippen molar-refractivity contribution in [2.45, 2.75) is 25.8 Å². The summed E-state index contributed by atoms with van der Waals surface area (Å²) in [5.74, 6) is 3.05. The van der Waals surface area contributed by atoms with Crippen molar-refractivity contribution in [2.24, 2.45) is 0 Å². The van der Waals surface area contributed by atoms with Gasteiger partial charge < -0.3 is 4.42 Å².